The molecule has 0 radical (unpaired) electrons. The third-order valence-corrected chi connectivity index (χ3v) is 10.1. The van der Waals surface area contributed by atoms with Crippen LogP contribution in [0.15, 0.2) is 11.6 Å². The SMILES string of the molecule is CC(C)CCC[C@@H](C)[C@H]1CCC2[C@@H]3CC=C4CC(=O)CC[C@]4(C)[C@H]3CC[C@@]21C. The van der Waals surface area contributed by atoms with Crippen molar-refractivity contribution in [3.8, 4) is 0 Å². The third-order valence-electron chi connectivity index (χ3n) is 10.1. The van der Waals surface area contributed by atoms with Crippen LogP contribution in [0.4, 0.5) is 0 Å². The van der Waals surface area contributed by atoms with E-state index in [0.717, 1.165) is 54.8 Å². The summed E-state index contributed by atoms with van der Waals surface area (Å²) in [6.07, 6.45) is 16.5. The molecule has 0 aromatic carbocycles. The molecule has 28 heavy (non-hydrogen) atoms. The first kappa shape index (κ1) is 20.7. The molecule has 1 heteroatoms. The molecule has 0 aliphatic heterocycles. The minimum atomic E-state index is 0.332. The first-order valence-electron chi connectivity index (χ1n) is 12.5. The van der Waals surface area contributed by atoms with E-state index >= 15 is 0 Å². The van der Waals surface area contributed by atoms with Gasteiger partial charge in [0, 0.05) is 12.8 Å². The van der Waals surface area contributed by atoms with Crippen LogP contribution in [0.5, 0.6) is 0 Å². The van der Waals surface area contributed by atoms with Gasteiger partial charge in [-0.1, -0.05) is 65.5 Å². The first-order chi connectivity index (χ1) is 13.3. The summed E-state index contributed by atoms with van der Waals surface area (Å²) in [7, 11) is 0. The summed E-state index contributed by atoms with van der Waals surface area (Å²) in [5.41, 5.74) is 2.43. The average Bonchev–Trinajstić information content (AvgIpc) is 2.99. The third kappa shape index (κ3) is 3.33. The Morgan fingerprint density at radius 3 is 2.57 bits per heavy atom. The van der Waals surface area contributed by atoms with Crippen LogP contribution in [0.3, 0.4) is 0 Å². The minimum Gasteiger partial charge on any atom is -0.299 e. The summed E-state index contributed by atoms with van der Waals surface area (Å²) in [5, 5.41) is 0. The highest BCUT2D eigenvalue weighted by molar-refractivity contribution is 5.82. The van der Waals surface area contributed by atoms with Gasteiger partial charge in [0.2, 0.25) is 0 Å². The Kier molecular flexibility index (Phi) is 5.60. The fraction of sp³-hybridized carbons (Fsp3) is 0.889. The van der Waals surface area contributed by atoms with Crippen LogP contribution < -0.4 is 0 Å². The summed E-state index contributed by atoms with van der Waals surface area (Å²) >= 11 is 0. The summed E-state index contributed by atoms with van der Waals surface area (Å²) < 4.78 is 0. The highest BCUT2D eigenvalue weighted by atomic mass is 16.1. The predicted octanol–water partition coefficient (Wildman–Crippen LogP) is 7.60. The Morgan fingerprint density at radius 1 is 1.04 bits per heavy atom. The Hall–Kier alpha value is -0.590. The van der Waals surface area contributed by atoms with E-state index in [1.54, 1.807) is 0 Å². The molecule has 0 spiro atoms. The lowest BCUT2D eigenvalue weighted by atomic mass is 9.47. The molecule has 4 aliphatic carbocycles. The molecule has 0 saturated heterocycles. The maximum Gasteiger partial charge on any atom is 0.136 e. The van der Waals surface area contributed by atoms with Crippen molar-refractivity contribution in [1.82, 2.24) is 0 Å². The van der Waals surface area contributed by atoms with Crippen LogP contribution >= 0.6 is 0 Å². The predicted molar refractivity (Wildman–Crippen MR) is 118 cm³/mol. The van der Waals surface area contributed by atoms with Gasteiger partial charge in [0.25, 0.3) is 0 Å². The van der Waals surface area contributed by atoms with Crippen molar-refractivity contribution in [3.63, 3.8) is 0 Å². The molecular formula is C27H44O. The number of hydrogen-bond acceptors (Lipinski definition) is 1. The van der Waals surface area contributed by atoms with E-state index in [-0.39, 0.29) is 0 Å². The molecule has 0 N–H and O–H groups in total. The van der Waals surface area contributed by atoms with Crippen LogP contribution in [0, 0.1) is 46.3 Å². The van der Waals surface area contributed by atoms with E-state index < -0.39 is 0 Å². The second kappa shape index (κ2) is 7.59. The number of fused-ring (bicyclic) bond motifs is 5. The van der Waals surface area contributed by atoms with E-state index in [2.05, 4.69) is 40.7 Å². The summed E-state index contributed by atoms with van der Waals surface area (Å²) in [4.78, 5) is 12.1. The molecule has 158 valence electrons. The zero-order chi connectivity index (χ0) is 20.1. The van der Waals surface area contributed by atoms with Gasteiger partial charge in [-0.3, -0.25) is 4.79 Å². The van der Waals surface area contributed by atoms with E-state index in [1.807, 2.05) is 0 Å². The van der Waals surface area contributed by atoms with E-state index in [9.17, 15) is 4.79 Å². The van der Waals surface area contributed by atoms with Crippen molar-refractivity contribution >= 4 is 5.78 Å². The quantitative estimate of drug-likeness (QED) is 0.446. The van der Waals surface area contributed by atoms with Gasteiger partial charge in [-0.2, -0.15) is 0 Å². The normalized spacial score (nSPS) is 43.9. The summed E-state index contributed by atoms with van der Waals surface area (Å²) in [6, 6.07) is 0. The van der Waals surface area contributed by atoms with Gasteiger partial charge in [0.05, 0.1) is 0 Å². The van der Waals surface area contributed by atoms with Gasteiger partial charge < -0.3 is 0 Å². The molecule has 1 nitrogen and oxygen atoms in total. The van der Waals surface area contributed by atoms with E-state index in [4.69, 9.17) is 0 Å². The van der Waals surface area contributed by atoms with Gasteiger partial charge in [-0.15, -0.1) is 0 Å². The fourth-order valence-corrected chi connectivity index (χ4v) is 8.50. The molecule has 3 saturated carbocycles. The van der Waals surface area contributed by atoms with Gasteiger partial charge >= 0.3 is 0 Å². The van der Waals surface area contributed by atoms with Crippen LogP contribution in [-0.4, -0.2) is 5.78 Å². The van der Waals surface area contributed by atoms with E-state index in [0.29, 0.717) is 16.6 Å². The van der Waals surface area contributed by atoms with E-state index in [1.165, 1.54) is 56.9 Å². The lowest BCUT2D eigenvalue weighted by Gasteiger charge is -2.58. The number of hydrogen-bond donors (Lipinski definition) is 0. The molecule has 0 heterocycles. The fourth-order valence-electron chi connectivity index (χ4n) is 8.50. The van der Waals surface area contributed by atoms with Crippen molar-refractivity contribution in [2.45, 2.75) is 105 Å². The van der Waals surface area contributed by atoms with Gasteiger partial charge in [-0.25, -0.2) is 0 Å². The molecule has 0 bridgehead atoms. The number of allylic oxidation sites excluding steroid dienone is 2. The Morgan fingerprint density at radius 2 is 1.82 bits per heavy atom. The van der Waals surface area contributed by atoms with Gasteiger partial charge in [0.1, 0.15) is 5.78 Å². The van der Waals surface area contributed by atoms with Crippen molar-refractivity contribution in [2.24, 2.45) is 46.3 Å². The van der Waals surface area contributed by atoms with Crippen LogP contribution in [0.25, 0.3) is 0 Å². The van der Waals surface area contributed by atoms with Crippen molar-refractivity contribution in [3.05, 3.63) is 11.6 Å². The zero-order valence-electron chi connectivity index (χ0n) is 19.2. The Labute approximate surface area is 174 Å². The molecule has 3 fully saturated rings. The van der Waals surface area contributed by atoms with Crippen LogP contribution in [-0.2, 0) is 4.79 Å². The molecule has 0 aromatic rings. The second-order valence-electron chi connectivity index (χ2n) is 12.0. The van der Waals surface area contributed by atoms with Crippen LogP contribution in [0.2, 0.25) is 0 Å². The van der Waals surface area contributed by atoms with Gasteiger partial charge in [0.15, 0.2) is 0 Å². The maximum absolute atomic E-state index is 12.1. The molecule has 1 unspecified atom stereocenters. The van der Waals surface area contributed by atoms with Gasteiger partial charge in [-0.05, 0) is 84.9 Å². The average molecular weight is 385 g/mol. The smallest absolute Gasteiger partial charge is 0.136 e. The number of rotatable bonds is 5. The molecular weight excluding hydrogens is 340 g/mol. The summed E-state index contributed by atoms with van der Waals surface area (Å²) in [6.45, 7) is 12.5. The molecule has 0 amide bonds. The molecule has 7 atom stereocenters. The monoisotopic (exact) mass is 384 g/mol. The zero-order valence-corrected chi connectivity index (χ0v) is 19.2. The second-order valence-corrected chi connectivity index (χ2v) is 12.0. The lowest BCUT2D eigenvalue weighted by Crippen LogP contribution is -2.50. The Balaban J connectivity index is 1.50. The highest BCUT2D eigenvalue weighted by Crippen LogP contribution is 2.67. The van der Waals surface area contributed by atoms with Crippen LogP contribution in [0.1, 0.15) is 105 Å². The number of Topliss-reactive ketones (excluding diaryl/α,β-unsaturated/α-hetero) is 1. The van der Waals surface area contributed by atoms with Crippen molar-refractivity contribution in [2.75, 3.05) is 0 Å². The van der Waals surface area contributed by atoms with Crippen molar-refractivity contribution < 1.29 is 4.79 Å². The standard InChI is InChI=1S/C27H44O/c1-18(2)7-6-8-19(3)23-11-12-24-22-10-9-20-17-21(28)13-15-26(20,4)25(22)14-16-27(23,24)5/h9,18-19,22-25H,6-8,10-17H2,1-5H3/t19-,22+,23-,24?,25+,26+,27-/m1/s1. The molecule has 4 aliphatic rings. The largest absolute Gasteiger partial charge is 0.299 e. The number of ketones is 1. The Bertz CT molecular complexity index is 630. The topological polar surface area (TPSA) is 17.1 Å². The molecule has 4 rings (SSSR count). The van der Waals surface area contributed by atoms with Crippen molar-refractivity contribution in [1.29, 1.82) is 0 Å². The summed E-state index contributed by atoms with van der Waals surface area (Å²) in [5.74, 6) is 5.82. The number of carbonyl (C=O) groups is 1. The lowest BCUT2D eigenvalue weighted by molar-refractivity contribution is -0.122. The number of carbonyl (C=O) groups excluding carboxylic acids is 1. The molecule has 0 aromatic heterocycles. The maximum atomic E-state index is 12.1. The minimum absolute atomic E-state index is 0.332. The highest BCUT2D eigenvalue weighted by Gasteiger charge is 2.59. The first-order valence-corrected chi connectivity index (χ1v) is 12.5.